The maximum Gasteiger partial charge on any atom is 0.0506 e. The molecule has 0 saturated carbocycles. The molecule has 0 aromatic rings. The highest BCUT2D eigenvalue weighted by atomic mass is 15.3. The topological polar surface area (TPSA) is 6.48 Å². The van der Waals surface area contributed by atoms with Crippen LogP contribution in [0.2, 0.25) is 0 Å². The van der Waals surface area contributed by atoms with Crippen molar-refractivity contribution in [2.24, 2.45) is 5.92 Å². The smallest absolute Gasteiger partial charge is 0.0506 e. The second-order valence-electron chi connectivity index (χ2n) is 10.6. The molecule has 0 aliphatic heterocycles. The Morgan fingerprint density at radius 3 is 1.07 bits per heavy atom. The number of unbranched alkanes of at least 4 members (excludes halogenated alkanes) is 16. The second kappa shape index (κ2) is 51.6. The SMILES string of the molecule is CC.CC.CC.CC.CCCCCCCCCCCCN(CC(C)CCCCCCCCCC)CN(CC)CC. The summed E-state index contributed by atoms with van der Waals surface area (Å²) in [5.41, 5.74) is 0. The maximum absolute atomic E-state index is 2.77. The van der Waals surface area contributed by atoms with Crippen molar-refractivity contribution in [3.8, 4) is 0 Å². The average molecular weight is 573 g/mol. The molecule has 250 valence electrons. The third-order valence-corrected chi connectivity index (χ3v) is 7.24. The molecule has 2 nitrogen and oxygen atoms in total. The van der Waals surface area contributed by atoms with Crippen molar-refractivity contribution >= 4 is 0 Å². The molecule has 0 radical (unpaired) electrons. The minimum absolute atomic E-state index is 0.841. The van der Waals surface area contributed by atoms with Gasteiger partial charge in [0.15, 0.2) is 0 Å². The van der Waals surface area contributed by atoms with Crippen LogP contribution in [0.5, 0.6) is 0 Å². The van der Waals surface area contributed by atoms with Gasteiger partial charge in [-0.15, -0.1) is 0 Å². The largest absolute Gasteiger partial charge is 0.291 e. The predicted molar refractivity (Wildman–Crippen MR) is 193 cm³/mol. The molecule has 0 aliphatic carbocycles. The van der Waals surface area contributed by atoms with Gasteiger partial charge in [-0.25, -0.2) is 0 Å². The number of hydrogen-bond acceptors (Lipinski definition) is 2. The Labute approximate surface area is 260 Å². The van der Waals surface area contributed by atoms with E-state index in [1.54, 1.807) is 0 Å². The molecule has 1 unspecified atom stereocenters. The van der Waals surface area contributed by atoms with Crippen LogP contribution in [0.3, 0.4) is 0 Å². The van der Waals surface area contributed by atoms with Gasteiger partial charge in [0.1, 0.15) is 0 Å². The summed E-state index contributed by atoms with van der Waals surface area (Å²) < 4.78 is 0. The molecule has 40 heavy (non-hydrogen) atoms. The van der Waals surface area contributed by atoms with Gasteiger partial charge in [-0.05, 0) is 38.4 Å². The van der Waals surface area contributed by atoms with Crippen molar-refractivity contribution in [2.45, 2.75) is 212 Å². The van der Waals surface area contributed by atoms with Crippen LogP contribution in [0.4, 0.5) is 0 Å². The number of hydrogen-bond donors (Lipinski definition) is 0. The van der Waals surface area contributed by atoms with Crippen LogP contribution in [0, 0.1) is 5.92 Å². The van der Waals surface area contributed by atoms with Gasteiger partial charge in [-0.3, -0.25) is 9.80 Å². The Morgan fingerprint density at radius 1 is 0.400 bits per heavy atom. The zero-order chi connectivity index (χ0) is 31.7. The molecule has 0 saturated heterocycles. The Bertz CT molecular complexity index is 340. The minimum Gasteiger partial charge on any atom is -0.291 e. The highest BCUT2D eigenvalue weighted by molar-refractivity contribution is 4.65. The van der Waals surface area contributed by atoms with E-state index in [9.17, 15) is 0 Å². The fourth-order valence-corrected chi connectivity index (χ4v) is 4.91. The Balaban J connectivity index is -0.000000464. The van der Waals surface area contributed by atoms with E-state index in [0.29, 0.717) is 0 Å². The van der Waals surface area contributed by atoms with E-state index in [1.165, 1.54) is 155 Å². The Hall–Kier alpha value is -0.0800. The molecule has 0 aliphatic rings. The van der Waals surface area contributed by atoms with Crippen LogP contribution in [-0.2, 0) is 0 Å². The van der Waals surface area contributed by atoms with Crippen LogP contribution in [0.25, 0.3) is 0 Å². The molecule has 0 rings (SSSR count). The molecular formula is C38H88N2. The lowest BCUT2D eigenvalue weighted by Crippen LogP contribution is -2.40. The molecule has 0 aromatic heterocycles. The third-order valence-electron chi connectivity index (χ3n) is 7.24. The van der Waals surface area contributed by atoms with Gasteiger partial charge in [0.25, 0.3) is 0 Å². The van der Waals surface area contributed by atoms with Crippen LogP contribution >= 0.6 is 0 Å². The van der Waals surface area contributed by atoms with Gasteiger partial charge >= 0.3 is 0 Å². The van der Waals surface area contributed by atoms with E-state index < -0.39 is 0 Å². The van der Waals surface area contributed by atoms with Crippen LogP contribution < -0.4 is 0 Å². The second-order valence-corrected chi connectivity index (χ2v) is 10.6. The molecule has 0 amide bonds. The lowest BCUT2D eigenvalue weighted by molar-refractivity contribution is 0.121. The highest BCUT2D eigenvalue weighted by Gasteiger charge is 2.13. The lowest BCUT2D eigenvalue weighted by atomic mass is 10.0. The van der Waals surface area contributed by atoms with E-state index in [1.807, 2.05) is 55.4 Å². The summed E-state index contributed by atoms with van der Waals surface area (Å²) in [6.07, 6.45) is 27.3. The predicted octanol–water partition coefficient (Wildman–Crippen LogP) is 13.8. The molecule has 0 fully saturated rings. The molecule has 0 spiro atoms. The molecular weight excluding hydrogens is 484 g/mol. The minimum atomic E-state index is 0.841. The van der Waals surface area contributed by atoms with Crippen molar-refractivity contribution in [3.63, 3.8) is 0 Å². The summed E-state index contributed by atoms with van der Waals surface area (Å²) in [4.78, 5) is 5.37. The zero-order valence-electron chi connectivity index (χ0n) is 31.4. The Morgan fingerprint density at radius 2 is 0.725 bits per heavy atom. The van der Waals surface area contributed by atoms with Crippen LogP contribution in [0.1, 0.15) is 212 Å². The summed E-state index contributed by atoms with van der Waals surface area (Å²) in [7, 11) is 0. The summed E-state index contributed by atoms with van der Waals surface area (Å²) in [6.45, 7) is 33.9. The summed E-state index contributed by atoms with van der Waals surface area (Å²) in [6, 6.07) is 0. The normalized spacial score (nSPS) is 10.9. The standard InChI is InChI=1S/C30H64N2.4C2H6/c1-6-10-12-14-16-18-19-21-23-25-27-32(29-31(8-3)9-4)28-30(5)26-24-22-20-17-15-13-11-7-2;4*1-2/h30H,6-29H2,1-5H3;4*1-2H3. The molecule has 0 bridgehead atoms. The first-order valence-corrected chi connectivity index (χ1v) is 19.1. The van der Waals surface area contributed by atoms with Gasteiger partial charge < -0.3 is 0 Å². The van der Waals surface area contributed by atoms with Gasteiger partial charge in [0, 0.05) is 6.54 Å². The van der Waals surface area contributed by atoms with Gasteiger partial charge in [-0.2, -0.15) is 0 Å². The first-order valence-electron chi connectivity index (χ1n) is 19.1. The maximum atomic E-state index is 2.77. The first-order chi connectivity index (χ1) is 19.7. The third kappa shape index (κ3) is 44.9. The number of nitrogens with zero attached hydrogens (tertiary/aromatic N) is 2. The summed E-state index contributed by atoms with van der Waals surface area (Å²) in [5.74, 6) is 0.841. The average Bonchev–Trinajstić information content (AvgIpc) is 3.02. The fourth-order valence-electron chi connectivity index (χ4n) is 4.91. The van der Waals surface area contributed by atoms with Crippen molar-refractivity contribution < 1.29 is 0 Å². The lowest BCUT2D eigenvalue weighted by Gasteiger charge is -2.31. The van der Waals surface area contributed by atoms with Crippen LogP contribution in [0.15, 0.2) is 0 Å². The van der Waals surface area contributed by atoms with E-state index in [2.05, 4.69) is 44.4 Å². The van der Waals surface area contributed by atoms with Crippen molar-refractivity contribution in [1.82, 2.24) is 9.80 Å². The fraction of sp³-hybridized carbons (Fsp3) is 1.00. The zero-order valence-corrected chi connectivity index (χ0v) is 31.4. The summed E-state index contributed by atoms with van der Waals surface area (Å²) in [5, 5.41) is 0. The summed E-state index contributed by atoms with van der Waals surface area (Å²) >= 11 is 0. The highest BCUT2D eigenvalue weighted by Crippen LogP contribution is 2.16. The van der Waals surface area contributed by atoms with E-state index in [4.69, 9.17) is 0 Å². The molecule has 0 aromatic carbocycles. The van der Waals surface area contributed by atoms with Crippen molar-refractivity contribution in [2.75, 3.05) is 32.8 Å². The molecule has 2 heteroatoms. The van der Waals surface area contributed by atoms with E-state index >= 15 is 0 Å². The van der Waals surface area contributed by atoms with Gasteiger partial charge in [0.2, 0.25) is 0 Å². The van der Waals surface area contributed by atoms with Crippen molar-refractivity contribution in [1.29, 1.82) is 0 Å². The molecule has 0 N–H and O–H groups in total. The van der Waals surface area contributed by atoms with E-state index in [0.717, 1.165) is 5.92 Å². The van der Waals surface area contributed by atoms with Crippen molar-refractivity contribution in [3.05, 3.63) is 0 Å². The first kappa shape index (κ1) is 49.6. The quantitative estimate of drug-likeness (QED) is 0.0751. The van der Waals surface area contributed by atoms with E-state index in [-0.39, 0.29) is 0 Å². The monoisotopic (exact) mass is 573 g/mol. The van der Waals surface area contributed by atoms with Crippen LogP contribution in [-0.4, -0.2) is 42.6 Å². The molecule has 0 heterocycles. The Kier molecular flexibility index (Phi) is 64.0. The molecule has 1 atom stereocenters. The number of rotatable bonds is 26. The van der Waals surface area contributed by atoms with Gasteiger partial charge in [-0.1, -0.05) is 199 Å². The van der Waals surface area contributed by atoms with Gasteiger partial charge in [0.05, 0.1) is 6.67 Å².